The maximum Gasteiger partial charge on any atom is 0.228 e. The van der Waals surface area contributed by atoms with Crippen LogP contribution >= 0.6 is 0 Å². The molecule has 0 aliphatic carbocycles. The lowest BCUT2D eigenvalue weighted by atomic mass is 10.1. The molecule has 23 heavy (non-hydrogen) atoms. The largest absolute Gasteiger partial charge is 0.494 e. The molecule has 0 bridgehead atoms. The van der Waals surface area contributed by atoms with Crippen LogP contribution in [0.3, 0.4) is 0 Å². The standard InChI is InChI=1S/C18H20FNO3/c1-3-22-15-8-9-17(23-4-2)16(12-15)20-18(21)11-13-6-5-7-14(19)10-13/h5-10,12H,3-4,11H2,1-2H3,(H,20,21). The first-order chi connectivity index (χ1) is 11.1. The van der Waals surface area contributed by atoms with Gasteiger partial charge in [-0.3, -0.25) is 4.79 Å². The molecule has 1 N–H and O–H groups in total. The van der Waals surface area contributed by atoms with E-state index in [1.54, 1.807) is 30.3 Å². The average molecular weight is 317 g/mol. The first-order valence-electron chi connectivity index (χ1n) is 7.56. The fourth-order valence-electron chi connectivity index (χ4n) is 2.17. The van der Waals surface area contributed by atoms with Gasteiger partial charge in [-0.2, -0.15) is 0 Å². The van der Waals surface area contributed by atoms with Crippen LogP contribution in [0.2, 0.25) is 0 Å². The summed E-state index contributed by atoms with van der Waals surface area (Å²) in [5.41, 5.74) is 1.15. The van der Waals surface area contributed by atoms with Gasteiger partial charge in [0.25, 0.3) is 0 Å². The van der Waals surface area contributed by atoms with Crippen LogP contribution in [0.15, 0.2) is 42.5 Å². The Hall–Kier alpha value is -2.56. The number of anilines is 1. The van der Waals surface area contributed by atoms with Crippen molar-refractivity contribution in [1.29, 1.82) is 0 Å². The van der Waals surface area contributed by atoms with Gasteiger partial charge in [0.05, 0.1) is 25.3 Å². The summed E-state index contributed by atoms with van der Waals surface area (Å²) >= 11 is 0. The zero-order chi connectivity index (χ0) is 16.7. The first-order valence-corrected chi connectivity index (χ1v) is 7.56. The van der Waals surface area contributed by atoms with Gasteiger partial charge in [-0.15, -0.1) is 0 Å². The second kappa shape index (κ2) is 8.17. The van der Waals surface area contributed by atoms with Crippen molar-refractivity contribution in [2.24, 2.45) is 0 Å². The summed E-state index contributed by atoms with van der Waals surface area (Å²) < 4.78 is 24.1. The molecule has 0 heterocycles. The highest BCUT2D eigenvalue weighted by Crippen LogP contribution is 2.29. The fraction of sp³-hybridized carbons (Fsp3) is 0.278. The maximum absolute atomic E-state index is 13.2. The minimum absolute atomic E-state index is 0.0855. The van der Waals surface area contributed by atoms with E-state index in [0.29, 0.717) is 36.0 Å². The van der Waals surface area contributed by atoms with Crippen molar-refractivity contribution in [3.63, 3.8) is 0 Å². The quantitative estimate of drug-likeness (QED) is 0.845. The van der Waals surface area contributed by atoms with Crippen LogP contribution in [0, 0.1) is 5.82 Å². The normalized spacial score (nSPS) is 10.2. The molecule has 0 aliphatic heterocycles. The molecule has 4 nitrogen and oxygen atoms in total. The molecule has 1 amide bonds. The molecule has 0 saturated heterocycles. The van der Waals surface area contributed by atoms with Crippen molar-refractivity contribution in [3.05, 3.63) is 53.8 Å². The Morgan fingerprint density at radius 3 is 2.57 bits per heavy atom. The molecule has 2 aromatic carbocycles. The topological polar surface area (TPSA) is 47.6 Å². The van der Waals surface area contributed by atoms with Crippen molar-refractivity contribution >= 4 is 11.6 Å². The third-order valence-corrected chi connectivity index (χ3v) is 3.09. The van der Waals surface area contributed by atoms with Gasteiger partial charge in [-0.05, 0) is 43.7 Å². The predicted octanol–water partition coefficient (Wildman–Crippen LogP) is 3.80. The Kier molecular flexibility index (Phi) is 5.97. The number of benzene rings is 2. The van der Waals surface area contributed by atoms with Crippen molar-refractivity contribution in [3.8, 4) is 11.5 Å². The number of carbonyl (C=O) groups is 1. The van der Waals surface area contributed by atoms with Gasteiger partial charge < -0.3 is 14.8 Å². The monoisotopic (exact) mass is 317 g/mol. The summed E-state index contributed by atoms with van der Waals surface area (Å²) in [6.45, 7) is 4.78. The van der Waals surface area contributed by atoms with Crippen LogP contribution < -0.4 is 14.8 Å². The van der Waals surface area contributed by atoms with E-state index in [1.165, 1.54) is 12.1 Å². The molecule has 2 rings (SSSR count). The third-order valence-electron chi connectivity index (χ3n) is 3.09. The SMILES string of the molecule is CCOc1ccc(OCC)c(NC(=O)Cc2cccc(F)c2)c1. The number of rotatable bonds is 7. The fourth-order valence-corrected chi connectivity index (χ4v) is 2.17. The molecular formula is C18H20FNO3. The van der Waals surface area contributed by atoms with Gasteiger partial charge in [0.2, 0.25) is 5.91 Å². The minimum atomic E-state index is -0.358. The number of amides is 1. The van der Waals surface area contributed by atoms with E-state index in [4.69, 9.17) is 9.47 Å². The molecule has 5 heteroatoms. The number of carbonyl (C=O) groups excluding carboxylic acids is 1. The van der Waals surface area contributed by atoms with E-state index in [1.807, 2.05) is 13.8 Å². The Balaban J connectivity index is 2.13. The van der Waals surface area contributed by atoms with Gasteiger partial charge >= 0.3 is 0 Å². The van der Waals surface area contributed by atoms with Gasteiger partial charge in [0, 0.05) is 6.07 Å². The Labute approximate surface area is 135 Å². The number of nitrogens with one attached hydrogen (secondary N) is 1. The van der Waals surface area contributed by atoms with Gasteiger partial charge in [0.15, 0.2) is 0 Å². The molecule has 0 aromatic heterocycles. The van der Waals surface area contributed by atoms with Crippen LogP contribution in [0.4, 0.5) is 10.1 Å². The van der Waals surface area contributed by atoms with E-state index in [2.05, 4.69) is 5.32 Å². The molecule has 0 fully saturated rings. The van der Waals surface area contributed by atoms with Crippen molar-refractivity contribution in [1.82, 2.24) is 0 Å². The van der Waals surface area contributed by atoms with Gasteiger partial charge in [-0.1, -0.05) is 12.1 Å². The Morgan fingerprint density at radius 1 is 1.09 bits per heavy atom. The van der Waals surface area contributed by atoms with E-state index < -0.39 is 0 Å². The predicted molar refractivity (Wildman–Crippen MR) is 87.5 cm³/mol. The molecule has 0 spiro atoms. The number of hydrogen-bond donors (Lipinski definition) is 1. The van der Waals surface area contributed by atoms with Crippen LogP contribution in [0.25, 0.3) is 0 Å². The summed E-state index contributed by atoms with van der Waals surface area (Å²) in [6.07, 6.45) is 0.0855. The molecule has 0 saturated carbocycles. The zero-order valence-corrected chi connectivity index (χ0v) is 13.3. The second-order valence-corrected chi connectivity index (χ2v) is 4.88. The van der Waals surface area contributed by atoms with Crippen LogP contribution in [0.5, 0.6) is 11.5 Å². The number of halogens is 1. The van der Waals surface area contributed by atoms with E-state index in [-0.39, 0.29) is 18.1 Å². The highest BCUT2D eigenvalue weighted by molar-refractivity contribution is 5.94. The van der Waals surface area contributed by atoms with Crippen molar-refractivity contribution in [2.45, 2.75) is 20.3 Å². The van der Waals surface area contributed by atoms with Crippen molar-refractivity contribution in [2.75, 3.05) is 18.5 Å². The van der Waals surface area contributed by atoms with Crippen LogP contribution in [-0.4, -0.2) is 19.1 Å². The lowest BCUT2D eigenvalue weighted by Gasteiger charge is -2.13. The lowest BCUT2D eigenvalue weighted by molar-refractivity contribution is -0.115. The third kappa shape index (κ3) is 4.98. The van der Waals surface area contributed by atoms with E-state index in [9.17, 15) is 9.18 Å². The summed E-state index contributed by atoms with van der Waals surface area (Å²) in [5.74, 6) is 0.620. The zero-order valence-electron chi connectivity index (χ0n) is 13.3. The number of ether oxygens (including phenoxy) is 2. The summed E-state index contributed by atoms with van der Waals surface area (Å²) in [6, 6.07) is 11.3. The van der Waals surface area contributed by atoms with Gasteiger partial charge in [-0.25, -0.2) is 4.39 Å². The lowest BCUT2D eigenvalue weighted by Crippen LogP contribution is -2.15. The molecule has 2 aromatic rings. The molecule has 0 radical (unpaired) electrons. The molecule has 0 aliphatic rings. The summed E-state index contributed by atoms with van der Waals surface area (Å²) in [5, 5.41) is 2.80. The highest BCUT2D eigenvalue weighted by Gasteiger charge is 2.11. The van der Waals surface area contributed by atoms with Gasteiger partial charge in [0.1, 0.15) is 17.3 Å². The summed E-state index contributed by atoms with van der Waals surface area (Å²) in [7, 11) is 0. The summed E-state index contributed by atoms with van der Waals surface area (Å²) in [4.78, 5) is 12.2. The second-order valence-electron chi connectivity index (χ2n) is 4.88. The van der Waals surface area contributed by atoms with Crippen molar-refractivity contribution < 1.29 is 18.7 Å². The first kappa shape index (κ1) is 16.8. The van der Waals surface area contributed by atoms with E-state index in [0.717, 1.165) is 0 Å². The number of hydrogen-bond acceptors (Lipinski definition) is 3. The molecule has 0 atom stereocenters. The van der Waals surface area contributed by atoms with E-state index >= 15 is 0 Å². The van der Waals surface area contributed by atoms with Crippen LogP contribution in [0.1, 0.15) is 19.4 Å². The Morgan fingerprint density at radius 2 is 1.87 bits per heavy atom. The Bertz CT molecular complexity index is 673. The average Bonchev–Trinajstić information content (AvgIpc) is 2.50. The molecule has 0 unspecified atom stereocenters. The van der Waals surface area contributed by atoms with Crippen LogP contribution in [-0.2, 0) is 11.2 Å². The molecular weight excluding hydrogens is 297 g/mol. The molecule has 122 valence electrons. The highest BCUT2D eigenvalue weighted by atomic mass is 19.1. The smallest absolute Gasteiger partial charge is 0.228 e. The maximum atomic E-state index is 13.2. The minimum Gasteiger partial charge on any atom is -0.494 e.